The number of carbonyl (C=O) groups is 2. The second-order valence-corrected chi connectivity index (χ2v) is 10.7. The van der Waals surface area contributed by atoms with Crippen molar-refractivity contribution in [2.45, 2.75) is 24.4 Å². The first kappa shape index (κ1) is 27.9. The molecule has 4 heterocycles. The molecule has 0 radical (unpaired) electrons. The Kier molecular flexibility index (Phi) is 8.85. The molecule has 0 atom stereocenters. The number of nitrogens with zero attached hydrogens (tertiary/aromatic N) is 6. The van der Waals surface area contributed by atoms with Crippen molar-refractivity contribution in [3.05, 3.63) is 65.5 Å². The molecule has 2 amide bonds. The molecule has 5 rings (SSSR count). The van der Waals surface area contributed by atoms with Crippen LogP contribution in [0.2, 0.25) is 0 Å². The standard InChI is InChI=1S/C28H33FN6O4S/c1-20(36)32-9-15-35(16-10-32)27(37)25-8-7-22(39-25)19-40-28-30-21(18-38-2)17-26(31-28)34-13-11-33(12-14-34)24-6-4-3-5-23(24)29/h3-8,17H,9-16,18-19H2,1-2H3. The highest BCUT2D eigenvalue weighted by atomic mass is 32.2. The van der Waals surface area contributed by atoms with Crippen molar-refractivity contribution < 1.29 is 23.1 Å². The van der Waals surface area contributed by atoms with E-state index in [1.807, 2.05) is 18.2 Å². The fourth-order valence-corrected chi connectivity index (χ4v) is 5.65. The van der Waals surface area contributed by atoms with Crippen LogP contribution in [0.25, 0.3) is 0 Å². The average Bonchev–Trinajstić information content (AvgIpc) is 3.45. The number of hydrogen-bond donors (Lipinski definition) is 0. The van der Waals surface area contributed by atoms with E-state index in [9.17, 15) is 14.0 Å². The lowest BCUT2D eigenvalue weighted by Crippen LogP contribution is -2.50. The van der Waals surface area contributed by atoms with Gasteiger partial charge in [0.05, 0.1) is 23.7 Å². The Morgan fingerprint density at radius 2 is 1.65 bits per heavy atom. The molecule has 0 spiro atoms. The van der Waals surface area contributed by atoms with Crippen LogP contribution in [0, 0.1) is 5.82 Å². The van der Waals surface area contributed by atoms with Gasteiger partial charge in [0.25, 0.3) is 5.91 Å². The second kappa shape index (κ2) is 12.7. The van der Waals surface area contributed by atoms with Crippen molar-refractivity contribution in [1.82, 2.24) is 19.8 Å². The van der Waals surface area contributed by atoms with Crippen molar-refractivity contribution in [3.8, 4) is 0 Å². The third-order valence-electron chi connectivity index (χ3n) is 7.06. The first-order valence-electron chi connectivity index (χ1n) is 13.3. The Bertz CT molecular complexity index is 1340. The van der Waals surface area contributed by atoms with Crippen LogP contribution in [0.3, 0.4) is 0 Å². The smallest absolute Gasteiger partial charge is 0.289 e. The third kappa shape index (κ3) is 6.56. The zero-order valence-corrected chi connectivity index (χ0v) is 23.5. The zero-order chi connectivity index (χ0) is 28.1. The maximum Gasteiger partial charge on any atom is 0.289 e. The van der Waals surface area contributed by atoms with Crippen LogP contribution >= 0.6 is 11.8 Å². The molecule has 12 heteroatoms. The number of halogens is 1. The van der Waals surface area contributed by atoms with Gasteiger partial charge in [-0.15, -0.1) is 0 Å². The van der Waals surface area contributed by atoms with Gasteiger partial charge < -0.3 is 28.8 Å². The molecule has 2 aliphatic rings. The largest absolute Gasteiger partial charge is 0.455 e. The van der Waals surface area contributed by atoms with E-state index >= 15 is 0 Å². The van der Waals surface area contributed by atoms with Gasteiger partial charge in [-0.2, -0.15) is 0 Å². The van der Waals surface area contributed by atoms with Crippen molar-refractivity contribution in [2.24, 2.45) is 0 Å². The van der Waals surface area contributed by atoms with Crippen LogP contribution < -0.4 is 9.80 Å². The van der Waals surface area contributed by atoms with Gasteiger partial charge >= 0.3 is 0 Å². The Labute approximate surface area is 237 Å². The van der Waals surface area contributed by atoms with E-state index in [0.717, 1.165) is 11.5 Å². The highest BCUT2D eigenvalue weighted by molar-refractivity contribution is 7.98. The average molecular weight is 569 g/mol. The summed E-state index contributed by atoms with van der Waals surface area (Å²) in [4.78, 5) is 41.5. The van der Waals surface area contributed by atoms with E-state index < -0.39 is 0 Å². The molecule has 10 nitrogen and oxygen atoms in total. The van der Waals surface area contributed by atoms with Gasteiger partial charge in [-0.05, 0) is 24.3 Å². The van der Waals surface area contributed by atoms with E-state index in [1.54, 1.807) is 42.0 Å². The number of hydrogen-bond acceptors (Lipinski definition) is 9. The Hall–Kier alpha value is -3.64. The van der Waals surface area contributed by atoms with Gasteiger partial charge in [-0.1, -0.05) is 23.9 Å². The first-order chi connectivity index (χ1) is 19.4. The maximum atomic E-state index is 14.3. The summed E-state index contributed by atoms with van der Waals surface area (Å²) < 4.78 is 25.5. The molecule has 212 valence electrons. The van der Waals surface area contributed by atoms with Gasteiger partial charge in [-0.3, -0.25) is 9.59 Å². The summed E-state index contributed by atoms with van der Waals surface area (Å²) in [6, 6.07) is 12.3. The van der Waals surface area contributed by atoms with Crippen molar-refractivity contribution >= 4 is 35.1 Å². The number of furan rings is 1. The monoisotopic (exact) mass is 568 g/mol. The highest BCUT2D eigenvalue weighted by Crippen LogP contribution is 2.27. The molecule has 3 aromatic rings. The summed E-state index contributed by atoms with van der Waals surface area (Å²) in [6.07, 6.45) is 0. The third-order valence-corrected chi connectivity index (χ3v) is 7.93. The summed E-state index contributed by atoms with van der Waals surface area (Å²) in [5.74, 6) is 1.84. The Morgan fingerprint density at radius 3 is 2.35 bits per heavy atom. The van der Waals surface area contributed by atoms with Crippen molar-refractivity contribution in [2.75, 3.05) is 69.3 Å². The molecule has 0 N–H and O–H groups in total. The lowest BCUT2D eigenvalue weighted by atomic mass is 10.2. The zero-order valence-electron chi connectivity index (χ0n) is 22.7. The molecule has 2 fully saturated rings. The summed E-state index contributed by atoms with van der Waals surface area (Å²) >= 11 is 1.43. The number of aromatic nitrogens is 2. The number of carbonyl (C=O) groups excluding carboxylic acids is 2. The summed E-state index contributed by atoms with van der Waals surface area (Å²) in [7, 11) is 1.63. The van der Waals surface area contributed by atoms with Crippen LogP contribution in [0.1, 0.15) is 28.9 Å². The molecule has 2 aliphatic heterocycles. The fourth-order valence-electron chi connectivity index (χ4n) is 4.88. The minimum atomic E-state index is -0.211. The number of para-hydroxylation sites is 1. The van der Waals surface area contributed by atoms with Gasteiger partial charge in [0.1, 0.15) is 17.4 Å². The maximum absolute atomic E-state index is 14.3. The van der Waals surface area contributed by atoms with Crippen LogP contribution in [-0.4, -0.2) is 91.0 Å². The number of benzene rings is 1. The van der Waals surface area contributed by atoms with Gasteiger partial charge in [0.15, 0.2) is 10.9 Å². The topological polar surface area (TPSA) is 95.2 Å². The number of anilines is 2. The summed E-state index contributed by atoms with van der Waals surface area (Å²) in [6.45, 7) is 6.69. The summed E-state index contributed by atoms with van der Waals surface area (Å²) in [5.41, 5.74) is 1.39. The van der Waals surface area contributed by atoms with Crippen molar-refractivity contribution in [3.63, 3.8) is 0 Å². The van der Waals surface area contributed by atoms with Gasteiger partial charge in [0.2, 0.25) is 5.91 Å². The Morgan fingerprint density at radius 1 is 0.950 bits per heavy atom. The molecule has 1 aromatic carbocycles. The molecule has 0 saturated carbocycles. The Balaban J connectivity index is 1.20. The minimum absolute atomic E-state index is 0.0224. The normalized spacial score (nSPS) is 16.0. The molecule has 0 aliphatic carbocycles. The predicted molar refractivity (Wildman–Crippen MR) is 150 cm³/mol. The second-order valence-electron chi connectivity index (χ2n) is 9.71. The van der Waals surface area contributed by atoms with E-state index in [1.165, 1.54) is 17.8 Å². The molecule has 0 bridgehead atoms. The van der Waals surface area contributed by atoms with Crippen LogP contribution in [0.4, 0.5) is 15.9 Å². The summed E-state index contributed by atoms with van der Waals surface area (Å²) in [5, 5.41) is 0.589. The number of methoxy groups -OCH3 is 1. The number of rotatable bonds is 8. The first-order valence-corrected chi connectivity index (χ1v) is 14.3. The van der Waals surface area contributed by atoms with E-state index in [0.29, 0.717) is 81.3 Å². The number of piperazine rings is 2. The quantitative estimate of drug-likeness (QED) is 0.300. The highest BCUT2D eigenvalue weighted by Gasteiger charge is 2.26. The molecule has 0 unspecified atom stereocenters. The number of ether oxygens (including phenoxy) is 1. The number of thioether (sulfide) groups is 1. The predicted octanol–water partition coefficient (Wildman–Crippen LogP) is 3.28. The molecular formula is C28H33FN6O4S. The number of amides is 2. The van der Waals surface area contributed by atoms with Crippen LogP contribution in [-0.2, 0) is 21.9 Å². The van der Waals surface area contributed by atoms with E-state index in [-0.39, 0.29) is 23.4 Å². The molecular weight excluding hydrogens is 535 g/mol. The van der Waals surface area contributed by atoms with Gasteiger partial charge in [0, 0.05) is 72.5 Å². The SMILES string of the molecule is COCc1cc(N2CCN(c3ccccc3F)CC2)nc(SCc2ccc(C(=O)N3CCN(C(C)=O)CC3)o2)n1. The lowest BCUT2D eigenvalue weighted by molar-refractivity contribution is -0.130. The molecule has 40 heavy (non-hydrogen) atoms. The van der Waals surface area contributed by atoms with E-state index in [4.69, 9.17) is 14.1 Å². The van der Waals surface area contributed by atoms with Crippen molar-refractivity contribution in [1.29, 1.82) is 0 Å². The molecule has 2 saturated heterocycles. The minimum Gasteiger partial charge on any atom is -0.455 e. The van der Waals surface area contributed by atoms with Crippen LogP contribution in [0.5, 0.6) is 0 Å². The van der Waals surface area contributed by atoms with Crippen LogP contribution in [0.15, 0.2) is 52.0 Å². The fraction of sp³-hybridized carbons (Fsp3) is 0.429. The van der Waals surface area contributed by atoms with E-state index in [2.05, 4.69) is 14.8 Å². The van der Waals surface area contributed by atoms with Gasteiger partial charge in [-0.25, -0.2) is 14.4 Å². The molecule has 2 aromatic heterocycles. The lowest BCUT2D eigenvalue weighted by Gasteiger charge is -2.37.